The molecule has 1 N–H and O–H groups in total. The third kappa shape index (κ3) is 5.52. The summed E-state index contributed by atoms with van der Waals surface area (Å²) in [5.74, 6) is -0.849. The summed E-state index contributed by atoms with van der Waals surface area (Å²) in [4.78, 5) is 24.5. The van der Waals surface area contributed by atoms with Crippen LogP contribution < -0.4 is 0 Å². The highest BCUT2D eigenvalue weighted by atomic mass is 16.4. The first-order valence-electron chi connectivity index (χ1n) is 6.38. The monoisotopic (exact) mass is 257 g/mol. The maximum Gasteiger partial charge on any atom is 0.323 e. The first-order valence-corrected chi connectivity index (χ1v) is 6.38. The van der Waals surface area contributed by atoms with E-state index in [0.29, 0.717) is 6.42 Å². The second kappa shape index (κ2) is 5.72. The van der Waals surface area contributed by atoms with E-state index in [9.17, 15) is 9.59 Å². The van der Waals surface area contributed by atoms with E-state index >= 15 is 0 Å². The van der Waals surface area contributed by atoms with Gasteiger partial charge in [0.05, 0.1) is 0 Å². The van der Waals surface area contributed by atoms with Crippen LogP contribution in [0.2, 0.25) is 0 Å². The smallest absolute Gasteiger partial charge is 0.323 e. The van der Waals surface area contributed by atoms with Crippen LogP contribution in [0.15, 0.2) is 0 Å². The summed E-state index contributed by atoms with van der Waals surface area (Å²) in [7, 11) is 0. The minimum atomic E-state index is -0.971. The number of hydrogen-bond donors (Lipinski definition) is 1. The Labute approximate surface area is 110 Å². The molecule has 0 saturated carbocycles. The summed E-state index contributed by atoms with van der Waals surface area (Å²) in [5.41, 5.74) is -0.421. The Morgan fingerprint density at radius 2 is 1.56 bits per heavy atom. The number of hydrogen-bond acceptors (Lipinski definition) is 2. The molecule has 0 saturated heterocycles. The second-order valence-corrected chi connectivity index (χ2v) is 7.02. The van der Waals surface area contributed by atoms with Crippen molar-refractivity contribution in [1.82, 2.24) is 4.90 Å². The van der Waals surface area contributed by atoms with E-state index in [1.54, 1.807) is 0 Å². The van der Waals surface area contributed by atoms with Crippen molar-refractivity contribution in [3.8, 4) is 0 Å². The lowest BCUT2D eigenvalue weighted by Gasteiger charge is -2.36. The zero-order valence-electron chi connectivity index (χ0n) is 12.7. The first-order chi connectivity index (χ1) is 7.85. The van der Waals surface area contributed by atoms with E-state index in [1.807, 2.05) is 27.7 Å². The van der Waals surface area contributed by atoms with Crippen molar-refractivity contribution in [2.45, 2.75) is 60.4 Å². The molecule has 106 valence electrons. The van der Waals surface area contributed by atoms with E-state index in [1.165, 1.54) is 4.90 Å². The summed E-state index contributed by atoms with van der Waals surface area (Å²) in [6.07, 6.45) is 0.383. The summed E-state index contributed by atoms with van der Waals surface area (Å²) in [6.45, 7) is 13.6. The van der Waals surface area contributed by atoms with E-state index in [4.69, 9.17) is 5.11 Å². The van der Waals surface area contributed by atoms with E-state index < -0.39 is 11.5 Å². The number of carbonyl (C=O) groups excluding carboxylic acids is 1. The largest absolute Gasteiger partial charge is 0.480 e. The van der Waals surface area contributed by atoms with Gasteiger partial charge in [0.2, 0.25) is 5.91 Å². The van der Waals surface area contributed by atoms with Crippen molar-refractivity contribution in [2.75, 3.05) is 6.54 Å². The molecule has 0 heterocycles. The molecule has 0 radical (unpaired) electrons. The summed E-state index contributed by atoms with van der Waals surface area (Å²) < 4.78 is 0. The molecular weight excluding hydrogens is 230 g/mol. The van der Waals surface area contributed by atoms with Crippen LogP contribution in [-0.2, 0) is 9.59 Å². The minimum absolute atomic E-state index is 0.0441. The Morgan fingerprint density at radius 3 is 1.83 bits per heavy atom. The van der Waals surface area contributed by atoms with Gasteiger partial charge in [0.15, 0.2) is 0 Å². The third-order valence-corrected chi connectivity index (χ3v) is 3.36. The number of carboxylic acid groups (broad SMARTS) is 1. The van der Waals surface area contributed by atoms with Gasteiger partial charge in [0.1, 0.15) is 6.54 Å². The molecule has 0 aromatic heterocycles. The average Bonchev–Trinajstić information content (AvgIpc) is 2.10. The lowest BCUT2D eigenvalue weighted by atomic mass is 9.79. The van der Waals surface area contributed by atoms with Crippen LogP contribution in [0.25, 0.3) is 0 Å². The Bertz CT molecular complexity index is 310. The molecule has 0 rings (SSSR count). The van der Waals surface area contributed by atoms with Gasteiger partial charge in [-0.15, -0.1) is 0 Å². The van der Waals surface area contributed by atoms with Crippen LogP contribution >= 0.6 is 0 Å². The van der Waals surface area contributed by atoms with E-state index in [2.05, 4.69) is 20.8 Å². The molecule has 1 atom stereocenters. The Hall–Kier alpha value is -1.06. The molecule has 4 nitrogen and oxygen atoms in total. The highest BCUT2D eigenvalue weighted by Crippen LogP contribution is 2.29. The topological polar surface area (TPSA) is 57.6 Å². The fourth-order valence-corrected chi connectivity index (χ4v) is 1.51. The summed E-state index contributed by atoms with van der Waals surface area (Å²) in [6, 6.07) is 0. The van der Waals surface area contributed by atoms with Crippen LogP contribution in [0.4, 0.5) is 0 Å². The standard InChI is InChI=1S/C14H27NO3/c1-10(13(2,3)4)8-11(16)15(9-12(17)18)14(5,6)7/h10H,8-9H2,1-7H3,(H,17,18). The number of carbonyl (C=O) groups is 2. The molecule has 0 aliphatic carbocycles. The lowest BCUT2D eigenvalue weighted by Crippen LogP contribution is -2.49. The van der Waals surface area contributed by atoms with Crippen LogP contribution in [0.3, 0.4) is 0 Å². The number of aliphatic carboxylic acids is 1. The molecule has 18 heavy (non-hydrogen) atoms. The zero-order chi connectivity index (χ0) is 14.7. The van der Waals surface area contributed by atoms with Gasteiger partial charge in [-0.05, 0) is 32.1 Å². The Morgan fingerprint density at radius 1 is 1.11 bits per heavy atom. The predicted octanol–water partition coefficient (Wildman–Crippen LogP) is 2.77. The molecule has 0 spiro atoms. The SMILES string of the molecule is CC(CC(=O)N(CC(=O)O)C(C)(C)C)C(C)(C)C. The number of nitrogens with zero attached hydrogens (tertiary/aromatic N) is 1. The van der Waals surface area contributed by atoms with Crippen molar-refractivity contribution in [1.29, 1.82) is 0 Å². The summed E-state index contributed by atoms with van der Waals surface area (Å²) in [5, 5.41) is 8.90. The van der Waals surface area contributed by atoms with Gasteiger partial charge < -0.3 is 10.0 Å². The normalized spacial score (nSPS) is 14.2. The lowest BCUT2D eigenvalue weighted by molar-refractivity contribution is -0.149. The Kier molecular flexibility index (Phi) is 5.38. The van der Waals surface area contributed by atoms with Crippen LogP contribution in [0.1, 0.15) is 54.9 Å². The average molecular weight is 257 g/mol. The maximum absolute atomic E-state index is 12.2. The van der Waals surface area contributed by atoms with Gasteiger partial charge in [-0.2, -0.15) is 0 Å². The van der Waals surface area contributed by atoms with Gasteiger partial charge in [-0.25, -0.2) is 0 Å². The number of carboxylic acids is 1. The number of rotatable bonds is 4. The fourth-order valence-electron chi connectivity index (χ4n) is 1.51. The van der Waals surface area contributed by atoms with Gasteiger partial charge in [0, 0.05) is 12.0 Å². The molecule has 0 aromatic rings. The molecule has 0 aliphatic rings. The highest BCUT2D eigenvalue weighted by molar-refractivity contribution is 5.82. The Balaban J connectivity index is 4.84. The fraction of sp³-hybridized carbons (Fsp3) is 0.857. The van der Waals surface area contributed by atoms with Crippen molar-refractivity contribution in [2.24, 2.45) is 11.3 Å². The minimum Gasteiger partial charge on any atom is -0.480 e. The van der Waals surface area contributed by atoms with Crippen molar-refractivity contribution < 1.29 is 14.7 Å². The quantitative estimate of drug-likeness (QED) is 0.842. The molecule has 0 fully saturated rings. The zero-order valence-corrected chi connectivity index (χ0v) is 12.7. The summed E-state index contributed by atoms with van der Waals surface area (Å²) >= 11 is 0. The van der Waals surface area contributed by atoms with Gasteiger partial charge in [0.25, 0.3) is 0 Å². The van der Waals surface area contributed by atoms with Crippen molar-refractivity contribution in [3.63, 3.8) is 0 Å². The van der Waals surface area contributed by atoms with Crippen LogP contribution in [0, 0.1) is 11.3 Å². The second-order valence-electron chi connectivity index (χ2n) is 7.02. The number of amides is 1. The third-order valence-electron chi connectivity index (χ3n) is 3.36. The van der Waals surface area contributed by atoms with E-state index in [0.717, 1.165) is 0 Å². The van der Waals surface area contributed by atoms with Gasteiger partial charge in [-0.3, -0.25) is 9.59 Å². The molecular formula is C14H27NO3. The highest BCUT2D eigenvalue weighted by Gasteiger charge is 2.31. The molecule has 4 heteroatoms. The van der Waals surface area contributed by atoms with E-state index in [-0.39, 0.29) is 23.8 Å². The first kappa shape index (κ1) is 16.9. The van der Waals surface area contributed by atoms with Crippen molar-refractivity contribution >= 4 is 11.9 Å². The molecule has 1 amide bonds. The molecule has 1 unspecified atom stereocenters. The van der Waals surface area contributed by atoms with Crippen LogP contribution in [0.5, 0.6) is 0 Å². The van der Waals surface area contributed by atoms with Gasteiger partial charge in [-0.1, -0.05) is 27.7 Å². The molecule has 0 aliphatic heterocycles. The molecule has 0 bridgehead atoms. The van der Waals surface area contributed by atoms with Crippen LogP contribution in [-0.4, -0.2) is 34.0 Å². The maximum atomic E-state index is 12.2. The van der Waals surface area contributed by atoms with Gasteiger partial charge >= 0.3 is 5.97 Å². The van der Waals surface area contributed by atoms with Crippen molar-refractivity contribution in [3.05, 3.63) is 0 Å². The predicted molar refractivity (Wildman–Crippen MR) is 72.3 cm³/mol. The molecule has 0 aromatic carbocycles.